The Morgan fingerprint density at radius 2 is 1.93 bits per heavy atom. The highest BCUT2D eigenvalue weighted by atomic mass is 16.4. The molecule has 1 fully saturated rings. The highest BCUT2D eigenvalue weighted by molar-refractivity contribution is 5.98. The molecule has 0 unspecified atom stereocenters. The second-order valence-electron chi connectivity index (χ2n) is 8.04. The standard InChI is InChI=1S/C21H28N2O4/c1-14(24)23-11-10-15-12-17(8-9-18(15)23)22-20(27)21(2,13-19(25)26)16-6-4-3-5-7-16/h8-9,12,16H,3-7,10-11,13H2,1-2H3,(H,22,27)(H,25,26)/t21-/m1/s1. The molecule has 0 bridgehead atoms. The zero-order chi connectivity index (χ0) is 19.6. The number of hydrogen-bond acceptors (Lipinski definition) is 3. The van der Waals surface area contributed by atoms with Crippen molar-refractivity contribution in [2.24, 2.45) is 11.3 Å². The summed E-state index contributed by atoms with van der Waals surface area (Å²) < 4.78 is 0. The van der Waals surface area contributed by atoms with Crippen molar-refractivity contribution in [1.29, 1.82) is 0 Å². The maximum Gasteiger partial charge on any atom is 0.304 e. The lowest BCUT2D eigenvalue weighted by atomic mass is 9.67. The molecule has 1 saturated carbocycles. The van der Waals surface area contributed by atoms with Gasteiger partial charge in [0.25, 0.3) is 0 Å². The van der Waals surface area contributed by atoms with E-state index in [0.717, 1.165) is 49.8 Å². The van der Waals surface area contributed by atoms with Crippen LogP contribution in [0.5, 0.6) is 0 Å². The summed E-state index contributed by atoms with van der Waals surface area (Å²) in [6.45, 7) is 3.99. The fourth-order valence-corrected chi connectivity index (χ4v) is 4.54. The van der Waals surface area contributed by atoms with Gasteiger partial charge in [-0.15, -0.1) is 0 Å². The molecule has 0 spiro atoms. The van der Waals surface area contributed by atoms with Crippen molar-refractivity contribution < 1.29 is 19.5 Å². The van der Waals surface area contributed by atoms with E-state index in [4.69, 9.17) is 0 Å². The van der Waals surface area contributed by atoms with Gasteiger partial charge in [0.2, 0.25) is 11.8 Å². The topological polar surface area (TPSA) is 86.7 Å². The number of hydrogen-bond donors (Lipinski definition) is 2. The number of aliphatic carboxylic acids is 1. The molecular formula is C21H28N2O4. The Labute approximate surface area is 159 Å². The number of carbonyl (C=O) groups is 3. The van der Waals surface area contributed by atoms with Crippen LogP contribution in [0.25, 0.3) is 0 Å². The monoisotopic (exact) mass is 372 g/mol. The van der Waals surface area contributed by atoms with Gasteiger partial charge in [-0.05, 0) is 55.9 Å². The summed E-state index contributed by atoms with van der Waals surface area (Å²) in [6, 6.07) is 5.55. The average molecular weight is 372 g/mol. The van der Waals surface area contributed by atoms with Crippen molar-refractivity contribution >= 4 is 29.2 Å². The van der Waals surface area contributed by atoms with Gasteiger partial charge in [0.1, 0.15) is 0 Å². The molecule has 1 atom stereocenters. The summed E-state index contributed by atoms with van der Waals surface area (Å²) in [7, 11) is 0. The number of rotatable bonds is 5. The third kappa shape index (κ3) is 3.99. The molecule has 6 heteroatoms. The van der Waals surface area contributed by atoms with Crippen LogP contribution < -0.4 is 10.2 Å². The van der Waals surface area contributed by atoms with E-state index in [1.807, 2.05) is 12.1 Å². The molecular weight excluding hydrogens is 344 g/mol. The minimum Gasteiger partial charge on any atom is -0.481 e. The van der Waals surface area contributed by atoms with Gasteiger partial charge in [0.15, 0.2) is 0 Å². The molecule has 2 N–H and O–H groups in total. The van der Waals surface area contributed by atoms with Gasteiger partial charge < -0.3 is 15.3 Å². The van der Waals surface area contributed by atoms with Crippen molar-refractivity contribution in [1.82, 2.24) is 0 Å². The minimum atomic E-state index is -0.940. The van der Waals surface area contributed by atoms with Crippen molar-refractivity contribution in [2.75, 3.05) is 16.8 Å². The van der Waals surface area contributed by atoms with Gasteiger partial charge in [-0.1, -0.05) is 19.3 Å². The summed E-state index contributed by atoms with van der Waals surface area (Å²) >= 11 is 0. The van der Waals surface area contributed by atoms with E-state index in [2.05, 4.69) is 5.32 Å². The zero-order valence-electron chi connectivity index (χ0n) is 16.1. The first-order valence-corrected chi connectivity index (χ1v) is 9.75. The van der Waals surface area contributed by atoms with Crippen LogP contribution in [0.2, 0.25) is 0 Å². The molecule has 0 saturated heterocycles. The lowest BCUT2D eigenvalue weighted by Crippen LogP contribution is -2.42. The van der Waals surface area contributed by atoms with Gasteiger partial charge >= 0.3 is 5.97 Å². The normalized spacial score (nSPS) is 19.3. The third-order valence-electron chi connectivity index (χ3n) is 6.16. The second kappa shape index (κ2) is 7.71. The maximum absolute atomic E-state index is 13.1. The smallest absolute Gasteiger partial charge is 0.304 e. The second-order valence-corrected chi connectivity index (χ2v) is 8.04. The Balaban J connectivity index is 1.79. The molecule has 1 aromatic rings. The average Bonchev–Trinajstić information content (AvgIpc) is 3.05. The molecule has 0 radical (unpaired) electrons. The number of amides is 2. The Hall–Kier alpha value is -2.37. The molecule has 1 aliphatic heterocycles. The molecule has 1 heterocycles. The quantitative estimate of drug-likeness (QED) is 0.827. The van der Waals surface area contributed by atoms with Crippen LogP contribution in [-0.4, -0.2) is 29.4 Å². The Morgan fingerprint density at radius 1 is 1.22 bits per heavy atom. The Bertz CT molecular complexity index is 755. The first-order valence-electron chi connectivity index (χ1n) is 9.75. The lowest BCUT2D eigenvalue weighted by molar-refractivity contribution is -0.145. The number of benzene rings is 1. The van der Waals surface area contributed by atoms with Crippen LogP contribution in [0.15, 0.2) is 18.2 Å². The van der Waals surface area contributed by atoms with Gasteiger partial charge in [-0.3, -0.25) is 14.4 Å². The SMILES string of the molecule is CC(=O)N1CCc2cc(NC(=O)[C@](C)(CC(=O)O)C3CCCCC3)ccc21. The number of fused-ring (bicyclic) bond motifs is 1. The highest BCUT2D eigenvalue weighted by Gasteiger charge is 2.43. The van der Waals surface area contributed by atoms with Crippen LogP contribution >= 0.6 is 0 Å². The van der Waals surface area contributed by atoms with E-state index in [1.54, 1.807) is 24.8 Å². The van der Waals surface area contributed by atoms with Crippen molar-refractivity contribution in [3.05, 3.63) is 23.8 Å². The predicted molar refractivity (Wildman–Crippen MR) is 104 cm³/mol. The molecule has 0 aromatic heterocycles. The number of anilines is 2. The van der Waals surface area contributed by atoms with Gasteiger partial charge in [0.05, 0.1) is 11.8 Å². The van der Waals surface area contributed by atoms with E-state index in [-0.39, 0.29) is 24.2 Å². The molecule has 3 rings (SSSR count). The Morgan fingerprint density at radius 3 is 2.56 bits per heavy atom. The van der Waals surface area contributed by atoms with Crippen LogP contribution in [0.4, 0.5) is 11.4 Å². The summed E-state index contributed by atoms with van der Waals surface area (Å²) in [4.78, 5) is 38.0. The summed E-state index contributed by atoms with van der Waals surface area (Å²) in [5, 5.41) is 12.3. The lowest BCUT2D eigenvalue weighted by Gasteiger charge is -2.37. The van der Waals surface area contributed by atoms with Crippen LogP contribution in [0.1, 0.15) is 57.9 Å². The van der Waals surface area contributed by atoms with E-state index in [9.17, 15) is 19.5 Å². The number of carboxylic acids is 1. The zero-order valence-corrected chi connectivity index (χ0v) is 16.1. The molecule has 2 aliphatic rings. The van der Waals surface area contributed by atoms with Crippen molar-refractivity contribution in [3.63, 3.8) is 0 Å². The first-order chi connectivity index (χ1) is 12.8. The van der Waals surface area contributed by atoms with Gasteiger partial charge in [-0.2, -0.15) is 0 Å². The van der Waals surface area contributed by atoms with E-state index in [0.29, 0.717) is 12.2 Å². The van der Waals surface area contributed by atoms with Crippen molar-refractivity contribution in [3.8, 4) is 0 Å². The molecule has 2 amide bonds. The maximum atomic E-state index is 13.1. The predicted octanol–water partition coefficient (Wildman–Crippen LogP) is 3.60. The molecule has 27 heavy (non-hydrogen) atoms. The van der Waals surface area contributed by atoms with E-state index in [1.165, 1.54) is 0 Å². The Kier molecular flexibility index (Phi) is 5.53. The summed E-state index contributed by atoms with van der Waals surface area (Å²) in [5.74, 6) is -1.07. The fraction of sp³-hybridized carbons (Fsp3) is 0.571. The van der Waals surface area contributed by atoms with Crippen LogP contribution in [0.3, 0.4) is 0 Å². The minimum absolute atomic E-state index is 0.0110. The largest absolute Gasteiger partial charge is 0.481 e. The van der Waals surface area contributed by atoms with Gasteiger partial charge in [-0.25, -0.2) is 0 Å². The number of carboxylic acid groups (broad SMARTS) is 1. The third-order valence-corrected chi connectivity index (χ3v) is 6.16. The highest BCUT2D eigenvalue weighted by Crippen LogP contribution is 2.42. The molecule has 1 aromatic carbocycles. The molecule has 146 valence electrons. The summed E-state index contributed by atoms with van der Waals surface area (Å²) in [5.41, 5.74) is 1.66. The molecule has 6 nitrogen and oxygen atoms in total. The van der Waals surface area contributed by atoms with E-state index >= 15 is 0 Å². The fourth-order valence-electron chi connectivity index (χ4n) is 4.54. The van der Waals surface area contributed by atoms with Crippen LogP contribution in [-0.2, 0) is 20.8 Å². The number of nitrogens with zero attached hydrogens (tertiary/aromatic N) is 1. The van der Waals surface area contributed by atoms with Gasteiger partial charge in [0, 0.05) is 24.8 Å². The number of nitrogens with one attached hydrogen (secondary N) is 1. The summed E-state index contributed by atoms with van der Waals surface area (Å²) in [6.07, 6.45) is 5.64. The van der Waals surface area contributed by atoms with Crippen LogP contribution in [0, 0.1) is 11.3 Å². The van der Waals surface area contributed by atoms with Crippen molar-refractivity contribution in [2.45, 2.75) is 58.8 Å². The molecule has 1 aliphatic carbocycles. The van der Waals surface area contributed by atoms with E-state index < -0.39 is 11.4 Å². The number of carbonyl (C=O) groups excluding carboxylic acids is 2. The first kappa shape index (κ1) is 19.4.